The molecule has 1 amide bonds. The van der Waals surface area contributed by atoms with Crippen LogP contribution >= 0.6 is 0 Å². The van der Waals surface area contributed by atoms with E-state index in [0.29, 0.717) is 32.8 Å². The Bertz CT molecular complexity index is 470. The number of nitrogens with one attached hydrogen (secondary N) is 1. The summed E-state index contributed by atoms with van der Waals surface area (Å²) in [6.07, 6.45) is 0. The van der Waals surface area contributed by atoms with Gasteiger partial charge in [0, 0.05) is 38.9 Å². The third kappa shape index (κ3) is 4.19. The quantitative estimate of drug-likeness (QED) is 0.887. The van der Waals surface area contributed by atoms with Gasteiger partial charge in [0.1, 0.15) is 0 Å². The number of para-hydroxylation sites is 1. The summed E-state index contributed by atoms with van der Waals surface area (Å²) >= 11 is 0. The highest BCUT2D eigenvalue weighted by Crippen LogP contribution is 2.24. The Balaban J connectivity index is 1.92. The Morgan fingerprint density at radius 1 is 1.33 bits per heavy atom. The summed E-state index contributed by atoms with van der Waals surface area (Å²) in [6, 6.07) is 8.40. The Morgan fingerprint density at radius 3 is 2.67 bits per heavy atom. The first kappa shape index (κ1) is 15.8. The van der Waals surface area contributed by atoms with Crippen molar-refractivity contribution < 1.29 is 9.53 Å². The Morgan fingerprint density at radius 2 is 2.00 bits per heavy atom. The molecule has 1 aliphatic rings. The second kappa shape index (κ2) is 7.43. The summed E-state index contributed by atoms with van der Waals surface area (Å²) in [7, 11) is 4.06. The smallest absolute Gasteiger partial charge is 0.236 e. The van der Waals surface area contributed by atoms with Crippen molar-refractivity contribution in [1.82, 2.24) is 10.2 Å². The Kier molecular flexibility index (Phi) is 5.59. The number of hydrogen-bond donors (Lipinski definition) is 1. The van der Waals surface area contributed by atoms with E-state index in [9.17, 15) is 4.79 Å². The van der Waals surface area contributed by atoms with Crippen molar-refractivity contribution in [3.8, 4) is 0 Å². The molecule has 5 nitrogen and oxygen atoms in total. The lowest BCUT2D eigenvalue weighted by Gasteiger charge is -2.28. The minimum absolute atomic E-state index is 0.133. The molecule has 1 saturated heterocycles. The van der Waals surface area contributed by atoms with Crippen LogP contribution in [0, 0.1) is 0 Å². The van der Waals surface area contributed by atoms with Gasteiger partial charge in [-0.3, -0.25) is 4.79 Å². The standard InChI is InChI=1S/C16H25N3O2/c1-13(14-6-4-5-7-15(14)18(2)3)17-12-16(20)19-8-10-21-11-9-19/h4-7,13,17H,8-12H2,1-3H3/t13-/m0/s1. The number of benzene rings is 1. The van der Waals surface area contributed by atoms with E-state index < -0.39 is 0 Å². The number of rotatable bonds is 5. The first-order valence-corrected chi connectivity index (χ1v) is 7.44. The summed E-state index contributed by atoms with van der Waals surface area (Å²) in [4.78, 5) is 16.1. The maximum Gasteiger partial charge on any atom is 0.236 e. The fourth-order valence-electron chi connectivity index (χ4n) is 2.54. The fourth-order valence-corrected chi connectivity index (χ4v) is 2.54. The molecule has 0 spiro atoms. The first-order valence-electron chi connectivity index (χ1n) is 7.44. The van der Waals surface area contributed by atoms with Gasteiger partial charge in [-0.25, -0.2) is 0 Å². The van der Waals surface area contributed by atoms with E-state index >= 15 is 0 Å². The van der Waals surface area contributed by atoms with Gasteiger partial charge in [0.2, 0.25) is 5.91 Å². The third-order valence-electron chi connectivity index (χ3n) is 3.81. The van der Waals surface area contributed by atoms with Crippen molar-refractivity contribution in [3.63, 3.8) is 0 Å². The van der Waals surface area contributed by atoms with Crippen molar-refractivity contribution in [3.05, 3.63) is 29.8 Å². The number of carbonyl (C=O) groups excluding carboxylic acids is 1. The van der Waals surface area contributed by atoms with Gasteiger partial charge in [-0.05, 0) is 18.6 Å². The van der Waals surface area contributed by atoms with Crippen LogP contribution in [0.5, 0.6) is 0 Å². The molecule has 0 radical (unpaired) electrons. The predicted octanol–water partition coefficient (Wildman–Crippen LogP) is 1.26. The molecule has 1 heterocycles. The minimum atomic E-state index is 0.133. The number of carbonyl (C=O) groups is 1. The summed E-state index contributed by atoms with van der Waals surface area (Å²) in [5.74, 6) is 0.146. The maximum atomic E-state index is 12.2. The molecule has 1 aromatic carbocycles. The number of amides is 1. The molecule has 5 heteroatoms. The van der Waals surface area contributed by atoms with Gasteiger partial charge in [-0.1, -0.05) is 18.2 Å². The summed E-state index contributed by atoms with van der Waals surface area (Å²) < 4.78 is 5.27. The average Bonchev–Trinajstić information content (AvgIpc) is 2.53. The highest BCUT2D eigenvalue weighted by molar-refractivity contribution is 5.78. The zero-order chi connectivity index (χ0) is 15.2. The lowest BCUT2D eigenvalue weighted by atomic mass is 10.1. The highest BCUT2D eigenvalue weighted by Gasteiger charge is 2.18. The van der Waals surface area contributed by atoms with Crippen molar-refractivity contribution in [2.45, 2.75) is 13.0 Å². The minimum Gasteiger partial charge on any atom is -0.378 e. The van der Waals surface area contributed by atoms with E-state index in [2.05, 4.69) is 29.3 Å². The molecule has 0 unspecified atom stereocenters. The van der Waals surface area contributed by atoms with Gasteiger partial charge in [0.15, 0.2) is 0 Å². The molecular formula is C16H25N3O2. The number of ether oxygens (including phenoxy) is 1. The monoisotopic (exact) mass is 291 g/mol. The Hall–Kier alpha value is -1.59. The van der Waals surface area contributed by atoms with Gasteiger partial charge in [0.25, 0.3) is 0 Å². The van der Waals surface area contributed by atoms with Gasteiger partial charge >= 0.3 is 0 Å². The van der Waals surface area contributed by atoms with Crippen molar-refractivity contribution in [2.24, 2.45) is 0 Å². The molecule has 0 aliphatic carbocycles. The van der Waals surface area contributed by atoms with Crippen molar-refractivity contribution in [1.29, 1.82) is 0 Å². The highest BCUT2D eigenvalue weighted by atomic mass is 16.5. The first-order chi connectivity index (χ1) is 10.1. The summed E-state index contributed by atoms with van der Waals surface area (Å²) in [5, 5.41) is 3.33. The molecule has 1 aromatic rings. The van der Waals surface area contributed by atoms with Crippen LogP contribution in [0.2, 0.25) is 0 Å². The topological polar surface area (TPSA) is 44.8 Å². The van der Waals surface area contributed by atoms with E-state index in [0.717, 1.165) is 0 Å². The fraction of sp³-hybridized carbons (Fsp3) is 0.562. The van der Waals surface area contributed by atoms with Crippen LogP contribution in [-0.4, -0.2) is 57.8 Å². The third-order valence-corrected chi connectivity index (χ3v) is 3.81. The number of hydrogen-bond acceptors (Lipinski definition) is 4. The molecule has 0 bridgehead atoms. The van der Waals surface area contributed by atoms with Crippen LogP contribution in [0.3, 0.4) is 0 Å². The van der Waals surface area contributed by atoms with Gasteiger partial charge in [0.05, 0.1) is 19.8 Å². The van der Waals surface area contributed by atoms with E-state index in [-0.39, 0.29) is 11.9 Å². The van der Waals surface area contributed by atoms with Crippen LogP contribution in [0.1, 0.15) is 18.5 Å². The molecular weight excluding hydrogens is 266 g/mol. The zero-order valence-electron chi connectivity index (χ0n) is 13.1. The lowest BCUT2D eigenvalue weighted by molar-refractivity contribution is -0.134. The molecule has 1 aliphatic heterocycles. The number of morpholine rings is 1. The predicted molar refractivity (Wildman–Crippen MR) is 84.6 cm³/mol. The molecule has 1 fully saturated rings. The molecule has 0 saturated carbocycles. The second-order valence-electron chi connectivity index (χ2n) is 5.55. The molecule has 2 rings (SSSR count). The molecule has 116 valence electrons. The largest absolute Gasteiger partial charge is 0.378 e. The normalized spacial score (nSPS) is 16.6. The molecule has 1 atom stereocenters. The summed E-state index contributed by atoms with van der Waals surface area (Å²) in [5.41, 5.74) is 2.38. The van der Waals surface area contributed by atoms with E-state index in [1.807, 2.05) is 31.1 Å². The lowest BCUT2D eigenvalue weighted by Crippen LogP contribution is -2.45. The van der Waals surface area contributed by atoms with Crippen LogP contribution in [0.25, 0.3) is 0 Å². The SMILES string of the molecule is C[C@H](NCC(=O)N1CCOCC1)c1ccccc1N(C)C. The van der Waals surface area contributed by atoms with E-state index in [4.69, 9.17) is 4.74 Å². The molecule has 0 aromatic heterocycles. The van der Waals surface area contributed by atoms with Crippen LogP contribution in [0.4, 0.5) is 5.69 Å². The van der Waals surface area contributed by atoms with Gasteiger partial charge in [-0.15, -0.1) is 0 Å². The van der Waals surface area contributed by atoms with Crippen LogP contribution in [-0.2, 0) is 9.53 Å². The van der Waals surface area contributed by atoms with Gasteiger partial charge in [-0.2, -0.15) is 0 Å². The van der Waals surface area contributed by atoms with Crippen LogP contribution in [0.15, 0.2) is 24.3 Å². The zero-order valence-corrected chi connectivity index (χ0v) is 13.1. The van der Waals surface area contributed by atoms with Crippen molar-refractivity contribution in [2.75, 3.05) is 51.8 Å². The maximum absolute atomic E-state index is 12.2. The van der Waals surface area contributed by atoms with E-state index in [1.54, 1.807) is 0 Å². The van der Waals surface area contributed by atoms with Crippen molar-refractivity contribution >= 4 is 11.6 Å². The Labute approximate surface area is 126 Å². The van der Waals surface area contributed by atoms with E-state index in [1.165, 1.54) is 11.3 Å². The average molecular weight is 291 g/mol. The van der Waals surface area contributed by atoms with Crippen LogP contribution < -0.4 is 10.2 Å². The second-order valence-corrected chi connectivity index (χ2v) is 5.55. The summed E-state index contributed by atoms with van der Waals surface area (Å²) in [6.45, 7) is 5.14. The van der Waals surface area contributed by atoms with Gasteiger partial charge < -0.3 is 19.9 Å². The number of nitrogens with zero attached hydrogens (tertiary/aromatic N) is 2. The number of anilines is 1. The molecule has 21 heavy (non-hydrogen) atoms. The molecule has 1 N–H and O–H groups in total.